The molecule has 0 saturated carbocycles. The van der Waals surface area contributed by atoms with Crippen molar-refractivity contribution in [3.63, 3.8) is 0 Å². The van der Waals surface area contributed by atoms with Gasteiger partial charge < -0.3 is 15.3 Å². The smallest absolute Gasteiger partial charge is 0.0637 e. The molecule has 2 rings (SSSR count). The van der Waals surface area contributed by atoms with Crippen LogP contribution in [0.3, 0.4) is 0 Å². The molecule has 3 heteroatoms. The van der Waals surface area contributed by atoms with Crippen LogP contribution in [-0.2, 0) is 6.54 Å². The summed E-state index contributed by atoms with van der Waals surface area (Å²) in [6.07, 6.45) is 2.34. The van der Waals surface area contributed by atoms with Crippen molar-refractivity contribution in [3.05, 3.63) is 29.8 Å². The summed E-state index contributed by atoms with van der Waals surface area (Å²) in [5, 5.41) is 12.9. The largest absolute Gasteiger partial charge is 0.394 e. The van der Waals surface area contributed by atoms with E-state index in [9.17, 15) is 5.11 Å². The zero-order chi connectivity index (χ0) is 13.7. The second-order valence-electron chi connectivity index (χ2n) is 5.55. The lowest BCUT2D eigenvalue weighted by Gasteiger charge is -2.27. The molecule has 1 aliphatic rings. The Morgan fingerprint density at radius 1 is 1.32 bits per heavy atom. The van der Waals surface area contributed by atoms with Crippen molar-refractivity contribution >= 4 is 5.69 Å². The number of anilines is 1. The van der Waals surface area contributed by atoms with Crippen molar-refractivity contribution in [3.8, 4) is 0 Å². The predicted octanol–water partition coefficient (Wildman–Crippen LogP) is 2.39. The minimum Gasteiger partial charge on any atom is -0.394 e. The topological polar surface area (TPSA) is 35.5 Å². The van der Waals surface area contributed by atoms with Crippen LogP contribution in [0.15, 0.2) is 24.3 Å². The molecule has 1 aromatic rings. The van der Waals surface area contributed by atoms with Crippen LogP contribution in [0.4, 0.5) is 5.69 Å². The molecule has 3 nitrogen and oxygen atoms in total. The van der Waals surface area contributed by atoms with Crippen LogP contribution in [0.2, 0.25) is 0 Å². The molecule has 1 heterocycles. The van der Waals surface area contributed by atoms with E-state index >= 15 is 0 Å². The molecule has 1 aromatic carbocycles. The van der Waals surface area contributed by atoms with Gasteiger partial charge in [0, 0.05) is 18.8 Å². The molecule has 0 aliphatic carbocycles. The second kappa shape index (κ2) is 6.92. The van der Waals surface area contributed by atoms with Gasteiger partial charge in [0.1, 0.15) is 0 Å². The number of hydrogen-bond donors (Lipinski definition) is 2. The highest BCUT2D eigenvalue weighted by Gasteiger charge is 2.30. The molecular weight excluding hydrogens is 236 g/mol. The summed E-state index contributed by atoms with van der Waals surface area (Å²) in [7, 11) is 0. The fraction of sp³-hybridized carbons (Fsp3) is 0.625. The van der Waals surface area contributed by atoms with Crippen LogP contribution < -0.4 is 10.2 Å². The molecule has 1 saturated heterocycles. The van der Waals surface area contributed by atoms with Crippen molar-refractivity contribution in [1.29, 1.82) is 0 Å². The first kappa shape index (κ1) is 14.4. The standard InChI is InChI=1S/C16H26N2O/c1-3-9-17-11-14-4-6-15(7-5-14)18-10-8-13(2)16(18)12-19/h4-7,13,16-17,19H,3,8-12H2,1-2H3. The van der Waals surface area contributed by atoms with E-state index < -0.39 is 0 Å². The van der Waals surface area contributed by atoms with Crippen LogP contribution >= 0.6 is 0 Å². The summed E-state index contributed by atoms with van der Waals surface area (Å²) in [5.41, 5.74) is 2.56. The monoisotopic (exact) mass is 262 g/mol. The number of nitrogens with zero attached hydrogens (tertiary/aromatic N) is 1. The van der Waals surface area contributed by atoms with Gasteiger partial charge in [-0.3, -0.25) is 0 Å². The third kappa shape index (κ3) is 3.48. The highest BCUT2D eigenvalue weighted by molar-refractivity contribution is 5.49. The Labute approximate surface area is 116 Å². The first-order valence-corrected chi connectivity index (χ1v) is 7.43. The molecule has 0 spiro atoms. The van der Waals surface area contributed by atoms with Crippen LogP contribution in [0.25, 0.3) is 0 Å². The van der Waals surface area contributed by atoms with E-state index in [1.54, 1.807) is 0 Å². The maximum Gasteiger partial charge on any atom is 0.0637 e. The van der Waals surface area contributed by atoms with Gasteiger partial charge in [0.15, 0.2) is 0 Å². The van der Waals surface area contributed by atoms with Gasteiger partial charge in [-0.25, -0.2) is 0 Å². The average Bonchev–Trinajstić information content (AvgIpc) is 2.81. The highest BCUT2D eigenvalue weighted by Crippen LogP contribution is 2.29. The minimum absolute atomic E-state index is 0.251. The van der Waals surface area contributed by atoms with Gasteiger partial charge in [-0.2, -0.15) is 0 Å². The lowest BCUT2D eigenvalue weighted by molar-refractivity contribution is 0.245. The van der Waals surface area contributed by atoms with E-state index in [4.69, 9.17) is 0 Å². The van der Waals surface area contributed by atoms with Crippen molar-refractivity contribution in [1.82, 2.24) is 5.32 Å². The van der Waals surface area contributed by atoms with E-state index in [2.05, 4.69) is 48.3 Å². The lowest BCUT2D eigenvalue weighted by atomic mass is 10.0. The summed E-state index contributed by atoms with van der Waals surface area (Å²) >= 11 is 0. The number of aliphatic hydroxyl groups is 1. The Morgan fingerprint density at radius 2 is 2.05 bits per heavy atom. The Balaban J connectivity index is 1.98. The Morgan fingerprint density at radius 3 is 2.68 bits per heavy atom. The molecule has 2 unspecified atom stereocenters. The summed E-state index contributed by atoms with van der Waals surface area (Å²) in [5.74, 6) is 0.580. The fourth-order valence-corrected chi connectivity index (χ4v) is 2.82. The summed E-state index contributed by atoms with van der Waals surface area (Å²) in [4.78, 5) is 2.34. The van der Waals surface area contributed by atoms with Crippen molar-refractivity contribution in [2.75, 3.05) is 24.6 Å². The number of nitrogens with one attached hydrogen (secondary N) is 1. The second-order valence-corrected chi connectivity index (χ2v) is 5.55. The number of rotatable bonds is 6. The van der Waals surface area contributed by atoms with Gasteiger partial charge in [0.05, 0.1) is 12.6 Å². The molecule has 19 heavy (non-hydrogen) atoms. The quantitative estimate of drug-likeness (QED) is 0.773. The van der Waals surface area contributed by atoms with Crippen molar-refractivity contribution in [2.24, 2.45) is 5.92 Å². The predicted molar refractivity (Wildman–Crippen MR) is 80.4 cm³/mol. The molecule has 1 fully saturated rings. The van der Waals surface area contributed by atoms with Gasteiger partial charge in [-0.15, -0.1) is 0 Å². The molecule has 0 amide bonds. The Bertz CT molecular complexity index is 377. The molecule has 2 atom stereocenters. The van der Waals surface area contributed by atoms with Crippen LogP contribution in [-0.4, -0.2) is 30.8 Å². The van der Waals surface area contributed by atoms with Crippen LogP contribution in [0, 0.1) is 5.92 Å². The third-order valence-electron chi connectivity index (χ3n) is 4.09. The Kier molecular flexibility index (Phi) is 5.23. The maximum absolute atomic E-state index is 9.51. The first-order chi connectivity index (χ1) is 9.26. The average molecular weight is 262 g/mol. The summed E-state index contributed by atoms with van der Waals surface area (Å²) < 4.78 is 0. The zero-order valence-electron chi connectivity index (χ0n) is 12.1. The third-order valence-corrected chi connectivity index (χ3v) is 4.09. The number of benzene rings is 1. The minimum atomic E-state index is 0.251. The molecular formula is C16H26N2O. The normalized spacial score (nSPS) is 23.0. The summed E-state index contributed by atoms with van der Waals surface area (Å²) in [6, 6.07) is 9.03. The number of hydrogen-bond acceptors (Lipinski definition) is 3. The van der Waals surface area contributed by atoms with Crippen LogP contribution in [0.1, 0.15) is 32.3 Å². The van der Waals surface area contributed by atoms with E-state index in [0.29, 0.717) is 5.92 Å². The number of aliphatic hydroxyl groups excluding tert-OH is 1. The SMILES string of the molecule is CCCNCc1ccc(N2CCC(C)C2CO)cc1. The molecule has 106 valence electrons. The van der Waals surface area contributed by atoms with Gasteiger partial charge >= 0.3 is 0 Å². The van der Waals surface area contributed by atoms with E-state index in [-0.39, 0.29) is 12.6 Å². The zero-order valence-corrected chi connectivity index (χ0v) is 12.1. The molecule has 1 aliphatic heterocycles. The molecule has 0 bridgehead atoms. The lowest BCUT2D eigenvalue weighted by Crippen LogP contribution is -2.35. The van der Waals surface area contributed by atoms with Crippen molar-refractivity contribution in [2.45, 2.75) is 39.3 Å². The first-order valence-electron chi connectivity index (χ1n) is 7.43. The highest BCUT2D eigenvalue weighted by atomic mass is 16.3. The molecule has 0 aromatic heterocycles. The molecule has 0 radical (unpaired) electrons. The van der Waals surface area contributed by atoms with E-state index in [1.807, 2.05) is 0 Å². The van der Waals surface area contributed by atoms with Crippen LogP contribution in [0.5, 0.6) is 0 Å². The van der Waals surface area contributed by atoms with Gasteiger partial charge in [0.2, 0.25) is 0 Å². The molecule has 2 N–H and O–H groups in total. The van der Waals surface area contributed by atoms with Crippen molar-refractivity contribution < 1.29 is 5.11 Å². The fourth-order valence-electron chi connectivity index (χ4n) is 2.82. The van der Waals surface area contributed by atoms with E-state index in [1.165, 1.54) is 24.1 Å². The van der Waals surface area contributed by atoms with Gasteiger partial charge in [-0.05, 0) is 43.0 Å². The van der Waals surface area contributed by atoms with Gasteiger partial charge in [0.25, 0.3) is 0 Å². The Hall–Kier alpha value is -1.06. The maximum atomic E-state index is 9.51. The summed E-state index contributed by atoms with van der Waals surface area (Å²) in [6.45, 7) is 7.72. The van der Waals surface area contributed by atoms with Gasteiger partial charge in [-0.1, -0.05) is 26.0 Å². The van der Waals surface area contributed by atoms with E-state index in [0.717, 1.165) is 19.6 Å².